The van der Waals surface area contributed by atoms with Crippen molar-refractivity contribution in [3.63, 3.8) is 0 Å². The molecule has 140 valence electrons. The lowest BCUT2D eigenvalue weighted by molar-refractivity contribution is -0.114. The molecule has 28 heavy (non-hydrogen) atoms. The number of nitrogens with zero attached hydrogens (tertiary/aromatic N) is 1. The molecule has 0 spiro atoms. The van der Waals surface area contributed by atoms with E-state index in [1.54, 1.807) is 30.3 Å². The van der Waals surface area contributed by atoms with Gasteiger partial charge in [-0.2, -0.15) is 0 Å². The molecule has 0 bridgehead atoms. The number of fused-ring (bicyclic) bond motifs is 1. The van der Waals surface area contributed by atoms with E-state index in [1.165, 1.54) is 6.20 Å². The van der Waals surface area contributed by atoms with Crippen molar-refractivity contribution in [2.75, 3.05) is 17.2 Å². The highest BCUT2D eigenvalue weighted by Gasteiger charge is 2.10. The Kier molecular flexibility index (Phi) is 4.75. The monoisotopic (exact) mass is 376 g/mol. The van der Waals surface area contributed by atoms with E-state index in [0.29, 0.717) is 17.1 Å². The summed E-state index contributed by atoms with van der Waals surface area (Å²) in [4.78, 5) is 29.8. The van der Waals surface area contributed by atoms with Gasteiger partial charge in [-0.15, -0.1) is 0 Å². The van der Waals surface area contributed by atoms with E-state index in [2.05, 4.69) is 20.6 Å². The summed E-state index contributed by atoms with van der Waals surface area (Å²) in [5.74, 6) is 0.196. The van der Waals surface area contributed by atoms with Gasteiger partial charge in [-0.25, -0.2) is 9.78 Å². The Bertz CT molecular complexity index is 1150. The molecule has 0 atom stereocenters. The standard InChI is InChI=1S/C20H16N4O4/c25-17(23-14-4-2-1-3-5-14)12-22-13-6-8-15(9-7-13)27-16-10-11-21-19-18(16)28-20(26)24-19/h1-11,22H,12H2,(H,23,25)(H,21,24,26). The van der Waals surface area contributed by atoms with Crippen molar-refractivity contribution in [1.82, 2.24) is 9.97 Å². The van der Waals surface area contributed by atoms with Crippen LogP contribution in [0.5, 0.6) is 11.5 Å². The van der Waals surface area contributed by atoms with Crippen LogP contribution in [0.15, 0.2) is 76.1 Å². The summed E-state index contributed by atoms with van der Waals surface area (Å²) in [7, 11) is 0. The lowest BCUT2D eigenvalue weighted by atomic mass is 10.3. The molecule has 8 nitrogen and oxygen atoms in total. The van der Waals surface area contributed by atoms with Crippen molar-refractivity contribution in [2.24, 2.45) is 0 Å². The summed E-state index contributed by atoms with van der Waals surface area (Å²) in [5.41, 5.74) is 2.10. The average Bonchev–Trinajstić information content (AvgIpc) is 3.09. The molecule has 0 radical (unpaired) electrons. The lowest BCUT2D eigenvalue weighted by Crippen LogP contribution is -2.21. The van der Waals surface area contributed by atoms with Gasteiger partial charge < -0.3 is 19.8 Å². The summed E-state index contributed by atoms with van der Waals surface area (Å²) in [6.45, 7) is 0.134. The molecule has 4 rings (SSSR count). The summed E-state index contributed by atoms with van der Waals surface area (Å²) in [5, 5.41) is 5.85. The van der Waals surface area contributed by atoms with Crippen LogP contribution in [0.2, 0.25) is 0 Å². The van der Waals surface area contributed by atoms with E-state index in [1.807, 2.05) is 30.3 Å². The minimum atomic E-state index is -0.591. The number of carbonyl (C=O) groups is 1. The average molecular weight is 376 g/mol. The van der Waals surface area contributed by atoms with Crippen LogP contribution < -0.4 is 21.1 Å². The van der Waals surface area contributed by atoms with Crippen molar-refractivity contribution < 1.29 is 13.9 Å². The number of ether oxygens (including phenoxy) is 1. The first-order chi connectivity index (χ1) is 13.7. The number of carbonyl (C=O) groups excluding carboxylic acids is 1. The van der Waals surface area contributed by atoms with E-state index in [-0.39, 0.29) is 18.0 Å². The first-order valence-corrected chi connectivity index (χ1v) is 8.52. The zero-order chi connectivity index (χ0) is 19.3. The number of rotatable bonds is 6. The second-order valence-electron chi connectivity index (χ2n) is 5.90. The highest BCUT2D eigenvalue weighted by molar-refractivity contribution is 5.93. The van der Waals surface area contributed by atoms with E-state index in [0.717, 1.165) is 11.4 Å². The number of anilines is 2. The van der Waals surface area contributed by atoms with E-state index in [9.17, 15) is 9.59 Å². The Morgan fingerprint density at radius 1 is 1.04 bits per heavy atom. The fraction of sp³-hybridized carbons (Fsp3) is 0.0500. The maximum Gasteiger partial charge on any atom is 0.418 e. The smallest absolute Gasteiger partial charge is 0.418 e. The number of aromatic nitrogens is 2. The molecule has 3 N–H and O–H groups in total. The van der Waals surface area contributed by atoms with Gasteiger partial charge in [0.05, 0.1) is 6.54 Å². The normalized spacial score (nSPS) is 10.6. The summed E-state index contributed by atoms with van der Waals surface area (Å²) in [6, 6.07) is 17.9. The molecule has 0 saturated heterocycles. The number of hydrogen-bond acceptors (Lipinski definition) is 6. The second-order valence-corrected chi connectivity index (χ2v) is 5.90. The van der Waals surface area contributed by atoms with Gasteiger partial charge in [0.2, 0.25) is 11.5 Å². The SMILES string of the molecule is O=C(CNc1ccc(Oc2ccnc3[nH]c(=O)oc23)cc1)Nc1ccccc1. The zero-order valence-corrected chi connectivity index (χ0v) is 14.6. The first-order valence-electron chi connectivity index (χ1n) is 8.52. The van der Waals surface area contributed by atoms with Crippen molar-refractivity contribution >= 4 is 28.5 Å². The zero-order valence-electron chi connectivity index (χ0n) is 14.6. The number of para-hydroxylation sites is 1. The fourth-order valence-corrected chi connectivity index (χ4v) is 2.59. The number of amides is 1. The highest BCUT2D eigenvalue weighted by Crippen LogP contribution is 2.28. The predicted octanol–water partition coefficient (Wildman–Crippen LogP) is 3.36. The summed E-state index contributed by atoms with van der Waals surface area (Å²) in [6.07, 6.45) is 1.52. The van der Waals surface area contributed by atoms with E-state index >= 15 is 0 Å². The Hall–Kier alpha value is -4.07. The number of H-pyrrole nitrogens is 1. The van der Waals surface area contributed by atoms with Crippen LogP contribution in [0.1, 0.15) is 0 Å². The third-order valence-corrected chi connectivity index (χ3v) is 3.88. The summed E-state index contributed by atoms with van der Waals surface area (Å²) >= 11 is 0. The second kappa shape index (κ2) is 7.67. The van der Waals surface area contributed by atoms with Gasteiger partial charge in [-0.3, -0.25) is 9.78 Å². The van der Waals surface area contributed by atoms with E-state index in [4.69, 9.17) is 9.15 Å². The topological polar surface area (TPSA) is 109 Å². The van der Waals surface area contributed by atoms with Crippen LogP contribution >= 0.6 is 0 Å². The molecule has 2 aromatic carbocycles. The first kappa shape index (κ1) is 17.3. The number of nitrogens with one attached hydrogen (secondary N) is 3. The van der Waals surface area contributed by atoms with Gasteiger partial charge in [0.15, 0.2) is 11.4 Å². The molecular formula is C20H16N4O4. The van der Waals surface area contributed by atoms with Crippen molar-refractivity contribution in [1.29, 1.82) is 0 Å². The van der Waals surface area contributed by atoms with Crippen LogP contribution in [0, 0.1) is 0 Å². The Balaban J connectivity index is 1.37. The maximum atomic E-state index is 12.0. The van der Waals surface area contributed by atoms with Crippen molar-refractivity contribution in [3.05, 3.63) is 77.4 Å². The highest BCUT2D eigenvalue weighted by atomic mass is 16.5. The van der Waals surface area contributed by atoms with Crippen LogP contribution in [0.3, 0.4) is 0 Å². The number of benzene rings is 2. The molecular weight excluding hydrogens is 360 g/mol. The van der Waals surface area contributed by atoms with Gasteiger partial charge in [0, 0.05) is 23.6 Å². The molecule has 0 unspecified atom stereocenters. The molecule has 0 aliphatic carbocycles. The van der Waals surface area contributed by atoms with Gasteiger partial charge in [0.1, 0.15) is 5.75 Å². The van der Waals surface area contributed by atoms with Crippen molar-refractivity contribution in [2.45, 2.75) is 0 Å². The molecule has 1 amide bonds. The fourth-order valence-electron chi connectivity index (χ4n) is 2.59. The van der Waals surface area contributed by atoms with Gasteiger partial charge in [-0.1, -0.05) is 18.2 Å². The molecule has 0 fully saturated rings. The molecule has 2 heterocycles. The Morgan fingerprint density at radius 2 is 1.82 bits per heavy atom. The Morgan fingerprint density at radius 3 is 2.61 bits per heavy atom. The summed E-state index contributed by atoms with van der Waals surface area (Å²) < 4.78 is 10.8. The van der Waals surface area contributed by atoms with Crippen molar-refractivity contribution in [3.8, 4) is 11.5 Å². The maximum absolute atomic E-state index is 12.0. The molecule has 0 saturated carbocycles. The van der Waals surface area contributed by atoms with Crippen LogP contribution in [-0.4, -0.2) is 22.4 Å². The van der Waals surface area contributed by atoms with Crippen LogP contribution in [-0.2, 0) is 4.79 Å². The number of hydrogen-bond donors (Lipinski definition) is 3. The molecule has 0 aliphatic rings. The molecule has 2 aromatic heterocycles. The third kappa shape index (κ3) is 4.01. The number of oxazole rings is 1. The minimum Gasteiger partial charge on any atom is -0.453 e. The third-order valence-electron chi connectivity index (χ3n) is 3.88. The minimum absolute atomic E-state index is 0.134. The molecule has 4 aromatic rings. The predicted molar refractivity (Wildman–Crippen MR) is 105 cm³/mol. The number of aromatic amines is 1. The molecule has 0 aliphatic heterocycles. The van der Waals surface area contributed by atoms with E-state index < -0.39 is 5.76 Å². The van der Waals surface area contributed by atoms with Gasteiger partial charge in [0.25, 0.3) is 0 Å². The Labute approximate surface area is 159 Å². The quantitative estimate of drug-likeness (QED) is 0.476. The van der Waals surface area contributed by atoms with Crippen LogP contribution in [0.4, 0.5) is 11.4 Å². The lowest BCUT2D eigenvalue weighted by Gasteiger charge is -2.09. The number of pyridine rings is 1. The van der Waals surface area contributed by atoms with Crippen LogP contribution in [0.25, 0.3) is 11.2 Å². The van der Waals surface area contributed by atoms with Gasteiger partial charge in [-0.05, 0) is 36.4 Å². The molecule has 8 heteroatoms. The largest absolute Gasteiger partial charge is 0.453 e. The van der Waals surface area contributed by atoms with Gasteiger partial charge >= 0.3 is 5.76 Å².